The van der Waals surface area contributed by atoms with Gasteiger partial charge in [-0.25, -0.2) is 0 Å². The SMILES string of the molecule is C=CCOC(=O)[C@H]1[C@H]2C(=O)N([C@@H](CO)[C@@H](C)CC)C(C(=O)N(CC=C)C(C)CCC)C23CC(Br)[C@@H]1O3. The molecule has 36 heavy (non-hydrogen) atoms. The third kappa shape index (κ3) is 4.67. The molecule has 2 amide bonds. The van der Waals surface area contributed by atoms with Crippen LogP contribution in [0.4, 0.5) is 0 Å². The summed E-state index contributed by atoms with van der Waals surface area (Å²) < 4.78 is 11.9. The largest absolute Gasteiger partial charge is 0.461 e. The molecular weight excluding hydrogens is 528 g/mol. The van der Waals surface area contributed by atoms with Crippen molar-refractivity contribution >= 4 is 33.7 Å². The van der Waals surface area contributed by atoms with E-state index in [0.29, 0.717) is 19.4 Å². The maximum Gasteiger partial charge on any atom is 0.312 e. The van der Waals surface area contributed by atoms with Crippen molar-refractivity contribution in [1.29, 1.82) is 0 Å². The van der Waals surface area contributed by atoms with E-state index in [0.717, 1.165) is 12.8 Å². The Morgan fingerprint density at radius 3 is 2.58 bits per heavy atom. The molecule has 1 N–H and O–H groups in total. The zero-order valence-corrected chi connectivity index (χ0v) is 23.5. The minimum absolute atomic E-state index is 0.0305. The minimum Gasteiger partial charge on any atom is -0.461 e. The Hall–Kier alpha value is -1.71. The van der Waals surface area contributed by atoms with Crippen molar-refractivity contribution in [3.8, 4) is 0 Å². The number of aliphatic hydroxyl groups is 1. The van der Waals surface area contributed by atoms with E-state index in [1.54, 1.807) is 15.9 Å². The van der Waals surface area contributed by atoms with Gasteiger partial charge in [-0.3, -0.25) is 14.4 Å². The van der Waals surface area contributed by atoms with Crippen molar-refractivity contribution in [2.75, 3.05) is 19.8 Å². The fourth-order valence-electron chi connectivity index (χ4n) is 6.38. The summed E-state index contributed by atoms with van der Waals surface area (Å²) >= 11 is 3.67. The molecule has 202 valence electrons. The molecule has 3 fully saturated rings. The molecule has 0 aliphatic carbocycles. The predicted molar refractivity (Wildman–Crippen MR) is 140 cm³/mol. The monoisotopic (exact) mass is 568 g/mol. The molecule has 3 aliphatic rings. The van der Waals surface area contributed by atoms with Crippen LogP contribution in [0.1, 0.15) is 53.4 Å². The summed E-state index contributed by atoms with van der Waals surface area (Å²) in [6.45, 7) is 15.5. The van der Waals surface area contributed by atoms with Crippen LogP contribution in [0.5, 0.6) is 0 Å². The van der Waals surface area contributed by atoms with E-state index >= 15 is 0 Å². The van der Waals surface area contributed by atoms with E-state index in [9.17, 15) is 19.5 Å². The number of likely N-dealkylation sites (tertiary alicyclic amines) is 1. The lowest BCUT2D eigenvalue weighted by Gasteiger charge is -2.42. The summed E-state index contributed by atoms with van der Waals surface area (Å²) in [5, 5.41) is 10.4. The summed E-state index contributed by atoms with van der Waals surface area (Å²) in [7, 11) is 0. The third-order valence-corrected chi connectivity index (χ3v) is 9.11. The predicted octanol–water partition coefficient (Wildman–Crippen LogP) is 3.07. The van der Waals surface area contributed by atoms with Gasteiger partial charge in [0.2, 0.25) is 11.8 Å². The lowest BCUT2D eigenvalue weighted by Crippen LogP contribution is -2.61. The van der Waals surface area contributed by atoms with Crippen LogP contribution in [0.25, 0.3) is 0 Å². The number of fused-ring (bicyclic) bond motifs is 1. The van der Waals surface area contributed by atoms with Gasteiger partial charge in [-0.2, -0.15) is 0 Å². The van der Waals surface area contributed by atoms with Crippen LogP contribution in [0.2, 0.25) is 0 Å². The molecule has 1 spiro atoms. The first-order valence-electron chi connectivity index (χ1n) is 13.1. The number of nitrogens with zero attached hydrogens (tertiary/aromatic N) is 2. The first-order chi connectivity index (χ1) is 17.1. The van der Waals surface area contributed by atoms with Gasteiger partial charge in [-0.1, -0.05) is 68.3 Å². The van der Waals surface area contributed by atoms with E-state index in [1.807, 2.05) is 20.8 Å². The van der Waals surface area contributed by atoms with E-state index in [2.05, 4.69) is 36.0 Å². The molecule has 0 radical (unpaired) electrons. The number of hydrogen-bond donors (Lipinski definition) is 1. The zero-order chi connectivity index (χ0) is 26.8. The van der Waals surface area contributed by atoms with Crippen molar-refractivity contribution < 1.29 is 29.0 Å². The first-order valence-corrected chi connectivity index (χ1v) is 14.0. The number of ether oxygens (including phenoxy) is 2. The molecule has 3 aliphatic heterocycles. The number of alkyl halides is 1. The van der Waals surface area contributed by atoms with Crippen molar-refractivity contribution in [3.05, 3.63) is 25.3 Å². The van der Waals surface area contributed by atoms with Crippen LogP contribution < -0.4 is 0 Å². The molecule has 0 aromatic heterocycles. The number of carbonyl (C=O) groups is 3. The molecule has 3 rings (SSSR count). The van der Waals surface area contributed by atoms with Crippen LogP contribution in [0, 0.1) is 17.8 Å². The summed E-state index contributed by atoms with van der Waals surface area (Å²) in [6, 6.07) is -1.61. The van der Waals surface area contributed by atoms with Crippen LogP contribution >= 0.6 is 15.9 Å². The number of carbonyl (C=O) groups excluding carboxylic acids is 3. The summed E-state index contributed by atoms with van der Waals surface area (Å²) in [6.07, 6.45) is 5.41. The molecule has 3 heterocycles. The highest BCUT2D eigenvalue weighted by atomic mass is 79.9. The molecule has 8 nitrogen and oxygen atoms in total. The van der Waals surface area contributed by atoms with Gasteiger partial charge in [-0.15, -0.1) is 6.58 Å². The van der Waals surface area contributed by atoms with Crippen molar-refractivity contribution in [1.82, 2.24) is 9.80 Å². The number of esters is 1. The van der Waals surface area contributed by atoms with Crippen LogP contribution in [0.3, 0.4) is 0 Å². The Bertz CT molecular complexity index is 867. The third-order valence-electron chi connectivity index (χ3n) is 8.27. The second-order valence-electron chi connectivity index (χ2n) is 10.4. The highest BCUT2D eigenvalue weighted by Gasteiger charge is 2.77. The van der Waals surface area contributed by atoms with Crippen LogP contribution in [-0.2, 0) is 23.9 Å². The molecule has 2 bridgehead atoms. The van der Waals surface area contributed by atoms with Crippen molar-refractivity contribution in [2.45, 2.75) is 88.0 Å². The number of aliphatic hydroxyl groups excluding tert-OH is 1. The normalized spacial score (nSPS) is 33.1. The van der Waals surface area contributed by atoms with E-state index in [4.69, 9.17) is 9.47 Å². The number of amides is 2. The number of hydrogen-bond acceptors (Lipinski definition) is 6. The number of halogens is 1. The quantitative estimate of drug-likeness (QED) is 0.208. The van der Waals surface area contributed by atoms with Gasteiger partial charge in [0, 0.05) is 17.4 Å². The van der Waals surface area contributed by atoms with Gasteiger partial charge in [0.1, 0.15) is 18.2 Å². The van der Waals surface area contributed by atoms with Crippen LogP contribution in [0.15, 0.2) is 25.3 Å². The fourth-order valence-corrected chi connectivity index (χ4v) is 7.32. The second kappa shape index (κ2) is 11.8. The highest BCUT2D eigenvalue weighted by molar-refractivity contribution is 9.09. The van der Waals surface area contributed by atoms with Crippen molar-refractivity contribution in [2.24, 2.45) is 17.8 Å². The Balaban J connectivity index is 2.14. The Morgan fingerprint density at radius 2 is 2.03 bits per heavy atom. The van der Waals surface area contributed by atoms with E-state index in [1.165, 1.54) is 6.08 Å². The van der Waals surface area contributed by atoms with Gasteiger partial charge in [0.05, 0.1) is 30.6 Å². The topological polar surface area (TPSA) is 96.4 Å². The zero-order valence-electron chi connectivity index (χ0n) is 21.9. The molecular formula is C27H41BrN2O6. The molecule has 0 aromatic carbocycles. The maximum atomic E-state index is 14.4. The van der Waals surface area contributed by atoms with E-state index < -0.39 is 41.6 Å². The molecule has 4 unspecified atom stereocenters. The Kier molecular flexibility index (Phi) is 9.44. The molecule has 0 aromatic rings. The second-order valence-corrected chi connectivity index (χ2v) is 11.6. The number of rotatable bonds is 13. The van der Waals surface area contributed by atoms with Gasteiger partial charge in [0.15, 0.2) is 0 Å². The molecule has 0 saturated carbocycles. The lowest BCUT2D eigenvalue weighted by atomic mass is 9.70. The molecule has 9 atom stereocenters. The highest BCUT2D eigenvalue weighted by Crippen LogP contribution is 2.61. The standard InChI is InChI=1S/C27H41BrN2O6/c1-7-11-17(6)29(12-8-2)25(33)23-27-14-18(28)22(36-27)20(26(34)35-13-9-3)21(27)24(32)30(23)19(15-31)16(5)10-4/h8-9,16-23,31H,2-3,7,10-15H2,1,4-6H3/t16-,17?,18?,19-,20-,21-,22-,23?,27?/m0/s1. The summed E-state index contributed by atoms with van der Waals surface area (Å²) in [5.74, 6) is -2.83. The maximum absolute atomic E-state index is 14.4. The minimum atomic E-state index is -1.18. The van der Waals surface area contributed by atoms with Gasteiger partial charge in [0.25, 0.3) is 0 Å². The Labute approximate surface area is 223 Å². The molecule has 9 heteroatoms. The smallest absolute Gasteiger partial charge is 0.312 e. The fraction of sp³-hybridized carbons (Fsp3) is 0.741. The average Bonchev–Trinajstić information content (AvgIpc) is 3.44. The van der Waals surface area contributed by atoms with Gasteiger partial charge < -0.3 is 24.4 Å². The van der Waals surface area contributed by atoms with Crippen molar-refractivity contribution in [3.63, 3.8) is 0 Å². The van der Waals surface area contributed by atoms with Gasteiger partial charge >= 0.3 is 5.97 Å². The van der Waals surface area contributed by atoms with E-state index in [-0.39, 0.29) is 41.8 Å². The van der Waals surface area contributed by atoms with Crippen LogP contribution in [-0.4, -0.2) is 87.1 Å². The summed E-state index contributed by atoms with van der Waals surface area (Å²) in [5.41, 5.74) is -1.18. The summed E-state index contributed by atoms with van der Waals surface area (Å²) in [4.78, 5) is 44.8. The Morgan fingerprint density at radius 1 is 1.33 bits per heavy atom. The molecule has 3 saturated heterocycles. The first kappa shape index (κ1) is 28.9. The lowest BCUT2D eigenvalue weighted by molar-refractivity contribution is -0.157. The average molecular weight is 570 g/mol. The van der Waals surface area contributed by atoms with Gasteiger partial charge in [-0.05, 0) is 25.7 Å².